The molecule has 0 unspecified atom stereocenters. The molecule has 0 amide bonds. The predicted molar refractivity (Wildman–Crippen MR) is 76.1 cm³/mol. The molecule has 7 nitrogen and oxygen atoms in total. The van der Waals surface area contributed by atoms with Crippen molar-refractivity contribution in [1.29, 1.82) is 0 Å². The van der Waals surface area contributed by atoms with Crippen molar-refractivity contribution in [3.63, 3.8) is 0 Å². The van der Waals surface area contributed by atoms with E-state index < -0.39 is 16.0 Å². The Morgan fingerprint density at radius 1 is 1.38 bits per heavy atom. The van der Waals surface area contributed by atoms with Crippen LogP contribution in [0, 0.1) is 0 Å². The maximum Gasteiger partial charge on any atom is 0.335 e. The van der Waals surface area contributed by atoms with Crippen LogP contribution in [-0.4, -0.2) is 29.3 Å². The highest BCUT2D eigenvalue weighted by Crippen LogP contribution is 2.09. The van der Waals surface area contributed by atoms with E-state index in [1.165, 1.54) is 18.2 Å². The topological polar surface area (TPSA) is 101 Å². The van der Waals surface area contributed by atoms with Gasteiger partial charge in [-0.25, -0.2) is 17.9 Å². The fourth-order valence-electron chi connectivity index (χ4n) is 1.82. The van der Waals surface area contributed by atoms with Crippen molar-refractivity contribution in [3.05, 3.63) is 53.3 Å². The number of aromatic carboxylic acids is 1. The van der Waals surface area contributed by atoms with Gasteiger partial charge in [-0.3, -0.25) is 4.68 Å². The van der Waals surface area contributed by atoms with E-state index in [0.717, 1.165) is 5.56 Å². The third-order valence-corrected chi connectivity index (χ3v) is 4.08. The number of sulfonamides is 1. The van der Waals surface area contributed by atoms with E-state index in [1.807, 2.05) is 0 Å². The van der Waals surface area contributed by atoms with Gasteiger partial charge in [0.25, 0.3) is 0 Å². The van der Waals surface area contributed by atoms with Gasteiger partial charge in [0.15, 0.2) is 0 Å². The van der Waals surface area contributed by atoms with Gasteiger partial charge < -0.3 is 5.11 Å². The molecule has 1 aromatic heterocycles. The molecule has 0 saturated heterocycles. The molecule has 0 saturated carbocycles. The minimum absolute atomic E-state index is 0.0648. The maximum atomic E-state index is 12.0. The van der Waals surface area contributed by atoms with Crippen LogP contribution >= 0.6 is 0 Å². The summed E-state index contributed by atoms with van der Waals surface area (Å²) in [5, 5.41) is 12.8. The van der Waals surface area contributed by atoms with Crippen LogP contribution in [0.2, 0.25) is 0 Å². The van der Waals surface area contributed by atoms with Crippen LogP contribution in [0.15, 0.2) is 36.7 Å². The van der Waals surface area contributed by atoms with Gasteiger partial charge in [-0.15, -0.1) is 0 Å². The average Bonchev–Trinajstić information content (AvgIpc) is 2.82. The minimum atomic E-state index is -3.55. The number of nitrogens with one attached hydrogen (secondary N) is 1. The molecule has 1 heterocycles. The smallest absolute Gasteiger partial charge is 0.335 e. The molecule has 0 radical (unpaired) electrons. The van der Waals surface area contributed by atoms with Gasteiger partial charge >= 0.3 is 5.97 Å². The average molecular weight is 309 g/mol. The summed E-state index contributed by atoms with van der Waals surface area (Å²) in [4.78, 5) is 10.9. The van der Waals surface area contributed by atoms with E-state index in [4.69, 9.17) is 5.11 Å². The summed E-state index contributed by atoms with van der Waals surface area (Å²) in [6.07, 6.45) is 3.29. The van der Waals surface area contributed by atoms with Crippen LogP contribution < -0.4 is 4.72 Å². The van der Waals surface area contributed by atoms with Crippen molar-refractivity contribution in [2.75, 3.05) is 0 Å². The highest BCUT2D eigenvalue weighted by molar-refractivity contribution is 7.88. The molecule has 112 valence electrons. The number of aryl methyl sites for hydroxylation is 1. The lowest BCUT2D eigenvalue weighted by Crippen LogP contribution is -2.24. The fourth-order valence-corrected chi connectivity index (χ4v) is 2.93. The number of nitrogens with zero attached hydrogens (tertiary/aromatic N) is 2. The van der Waals surface area contributed by atoms with E-state index >= 15 is 0 Å². The zero-order valence-electron chi connectivity index (χ0n) is 11.4. The highest BCUT2D eigenvalue weighted by atomic mass is 32.2. The van der Waals surface area contributed by atoms with Gasteiger partial charge in [-0.2, -0.15) is 5.10 Å². The van der Waals surface area contributed by atoms with E-state index in [2.05, 4.69) is 9.82 Å². The van der Waals surface area contributed by atoms with Crippen molar-refractivity contribution < 1.29 is 18.3 Å². The van der Waals surface area contributed by atoms with Crippen LogP contribution in [0.4, 0.5) is 0 Å². The third kappa shape index (κ3) is 4.40. The van der Waals surface area contributed by atoms with E-state index in [0.29, 0.717) is 5.56 Å². The number of carboxylic acid groups (broad SMARTS) is 1. The Morgan fingerprint density at radius 2 is 2.14 bits per heavy atom. The van der Waals surface area contributed by atoms with E-state index in [-0.39, 0.29) is 17.9 Å². The summed E-state index contributed by atoms with van der Waals surface area (Å²) in [6.45, 7) is 0.148. The Morgan fingerprint density at radius 3 is 2.76 bits per heavy atom. The van der Waals surface area contributed by atoms with Crippen molar-refractivity contribution in [2.45, 2.75) is 12.3 Å². The second kappa shape index (κ2) is 6.06. The number of hydrogen-bond donors (Lipinski definition) is 2. The van der Waals surface area contributed by atoms with Crippen molar-refractivity contribution in [1.82, 2.24) is 14.5 Å². The molecule has 21 heavy (non-hydrogen) atoms. The molecule has 2 N–H and O–H groups in total. The Labute approximate surface area is 122 Å². The lowest BCUT2D eigenvalue weighted by molar-refractivity contribution is 0.0696. The van der Waals surface area contributed by atoms with Crippen LogP contribution in [0.25, 0.3) is 0 Å². The van der Waals surface area contributed by atoms with Gasteiger partial charge in [0.05, 0.1) is 17.5 Å². The van der Waals surface area contributed by atoms with E-state index in [1.54, 1.807) is 30.2 Å². The van der Waals surface area contributed by atoms with Crippen molar-refractivity contribution in [2.24, 2.45) is 7.05 Å². The summed E-state index contributed by atoms with van der Waals surface area (Å²) < 4.78 is 28.0. The Kier molecular flexibility index (Phi) is 4.39. The van der Waals surface area contributed by atoms with E-state index in [9.17, 15) is 13.2 Å². The second-order valence-electron chi connectivity index (χ2n) is 4.61. The molecule has 0 aliphatic rings. The monoisotopic (exact) mass is 309 g/mol. The first kappa shape index (κ1) is 15.2. The molecule has 0 aliphatic carbocycles. The first-order chi connectivity index (χ1) is 9.85. The molecule has 2 rings (SSSR count). The number of benzene rings is 1. The van der Waals surface area contributed by atoms with Gasteiger partial charge in [0.2, 0.25) is 10.0 Å². The van der Waals surface area contributed by atoms with Crippen LogP contribution in [-0.2, 0) is 29.4 Å². The summed E-state index contributed by atoms with van der Waals surface area (Å²) >= 11 is 0. The van der Waals surface area contributed by atoms with Crippen LogP contribution in [0.3, 0.4) is 0 Å². The molecule has 8 heteroatoms. The van der Waals surface area contributed by atoms with Crippen molar-refractivity contribution in [3.8, 4) is 0 Å². The van der Waals surface area contributed by atoms with Gasteiger partial charge in [-0.1, -0.05) is 12.1 Å². The number of hydrogen-bond acceptors (Lipinski definition) is 4. The maximum absolute atomic E-state index is 12.0. The summed E-state index contributed by atoms with van der Waals surface area (Å²) in [5.74, 6) is -1.36. The molecule has 0 atom stereocenters. The molecule has 2 aromatic rings. The largest absolute Gasteiger partial charge is 0.478 e. The predicted octanol–water partition coefficient (Wildman–Crippen LogP) is 0.738. The number of carboxylic acids is 1. The fraction of sp³-hybridized carbons (Fsp3) is 0.231. The third-order valence-electron chi connectivity index (χ3n) is 2.79. The number of rotatable bonds is 6. The summed E-state index contributed by atoms with van der Waals surface area (Å²) in [7, 11) is -1.80. The minimum Gasteiger partial charge on any atom is -0.478 e. The van der Waals surface area contributed by atoms with Crippen molar-refractivity contribution >= 4 is 16.0 Å². The van der Waals surface area contributed by atoms with Gasteiger partial charge in [0, 0.05) is 25.4 Å². The second-order valence-corrected chi connectivity index (χ2v) is 6.41. The first-order valence-corrected chi connectivity index (χ1v) is 7.78. The lowest BCUT2D eigenvalue weighted by Gasteiger charge is -2.06. The Balaban J connectivity index is 2.03. The van der Waals surface area contributed by atoms with Crippen LogP contribution in [0.1, 0.15) is 21.5 Å². The standard InChI is InChI=1S/C13H15N3O4S/c1-16-8-11(6-14-16)7-15-21(19,20)9-10-3-2-4-12(5-10)13(17)18/h2-6,8,15H,7,9H2,1H3,(H,17,18). The Hall–Kier alpha value is -2.19. The molecule has 0 bridgehead atoms. The van der Waals surface area contributed by atoms with Gasteiger partial charge in [-0.05, 0) is 17.7 Å². The number of carbonyl (C=O) groups is 1. The van der Waals surface area contributed by atoms with Gasteiger partial charge in [0.1, 0.15) is 0 Å². The molecule has 0 aliphatic heterocycles. The van der Waals surface area contributed by atoms with Crippen LogP contribution in [0.5, 0.6) is 0 Å². The molecular weight excluding hydrogens is 294 g/mol. The zero-order valence-corrected chi connectivity index (χ0v) is 12.2. The first-order valence-electron chi connectivity index (χ1n) is 6.13. The SMILES string of the molecule is Cn1cc(CNS(=O)(=O)Cc2cccc(C(=O)O)c2)cn1. The summed E-state index contributed by atoms with van der Waals surface area (Å²) in [6, 6.07) is 5.87. The number of aromatic nitrogens is 2. The molecule has 1 aromatic carbocycles. The Bertz CT molecular complexity index is 752. The normalized spacial score (nSPS) is 11.5. The molecular formula is C13H15N3O4S. The zero-order chi connectivity index (χ0) is 15.5. The quantitative estimate of drug-likeness (QED) is 0.819. The molecule has 0 fully saturated rings. The highest BCUT2D eigenvalue weighted by Gasteiger charge is 2.13. The molecule has 0 spiro atoms. The summed E-state index contributed by atoms with van der Waals surface area (Å²) in [5.41, 5.74) is 1.24. The lowest BCUT2D eigenvalue weighted by atomic mass is 10.1.